The van der Waals surface area contributed by atoms with Crippen molar-refractivity contribution in [2.24, 2.45) is 0 Å². The maximum absolute atomic E-state index is 12.1. The van der Waals surface area contributed by atoms with Gasteiger partial charge in [0.25, 0.3) is 0 Å². The van der Waals surface area contributed by atoms with Gasteiger partial charge in [0.2, 0.25) is 5.91 Å². The topological polar surface area (TPSA) is 131 Å². The minimum absolute atomic E-state index is 0.0756. The molecule has 0 spiro atoms. The molecular weight excluding hydrogens is 641 g/mol. The number of carbonyl (C=O) groups is 2. The summed E-state index contributed by atoms with van der Waals surface area (Å²) >= 11 is 0. The number of phosphoric ester groups is 1. The van der Waals surface area contributed by atoms with Gasteiger partial charge in [-0.2, -0.15) is 0 Å². The first-order chi connectivity index (χ1) is 23.8. The zero-order valence-electron chi connectivity index (χ0n) is 31.4. The Kier molecular flexibility index (Phi) is 35.2. The molecule has 0 aliphatic heterocycles. The van der Waals surface area contributed by atoms with E-state index in [1.807, 2.05) is 0 Å². The molecule has 0 saturated heterocycles. The number of allylic oxidation sites excluding steroid dienone is 4. The number of rotatable bonds is 37. The molecule has 0 radical (unpaired) electrons. The molecule has 1 amide bonds. The molecule has 2 unspecified atom stereocenters. The van der Waals surface area contributed by atoms with E-state index >= 15 is 0 Å². The van der Waals surface area contributed by atoms with Gasteiger partial charge in [-0.15, -0.1) is 0 Å². The summed E-state index contributed by atoms with van der Waals surface area (Å²) in [6.45, 7) is 3.47. The number of esters is 1. The van der Waals surface area contributed by atoms with Crippen LogP contribution in [0.25, 0.3) is 0 Å². The number of phosphoric acid groups is 1. The minimum Gasteiger partial charge on any atom is -0.463 e. The van der Waals surface area contributed by atoms with Crippen molar-refractivity contribution in [2.45, 2.75) is 187 Å². The van der Waals surface area contributed by atoms with E-state index in [1.165, 1.54) is 83.5 Å². The molecule has 0 bridgehead atoms. The Morgan fingerprint density at radius 3 is 1.71 bits per heavy atom. The van der Waals surface area contributed by atoms with Gasteiger partial charge >= 0.3 is 13.8 Å². The highest BCUT2D eigenvalue weighted by Crippen LogP contribution is 2.42. The fourth-order valence-corrected chi connectivity index (χ4v) is 6.12. The average Bonchev–Trinajstić information content (AvgIpc) is 3.08. The number of unbranched alkanes of at least 4 members (excludes halogenated alkanes) is 20. The first-order valence-electron chi connectivity index (χ1n) is 19.8. The first-order valence-corrected chi connectivity index (χ1v) is 21.3. The van der Waals surface area contributed by atoms with Crippen molar-refractivity contribution in [3.05, 3.63) is 24.3 Å². The number of hydrogen-bond donors (Lipinski definition) is 3. The lowest BCUT2D eigenvalue weighted by Gasteiger charge is -2.15. The van der Waals surface area contributed by atoms with Gasteiger partial charge in [-0.25, -0.2) is 4.57 Å². The minimum atomic E-state index is -4.41. The molecule has 3 N–H and O–H groups in total. The largest absolute Gasteiger partial charge is 0.472 e. The number of hydrogen-bond acceptors (Lipinski definition) is 7. The molecule has 0 aromatic carbocycles. The Bertz CT molecular complexity index is 866. The zero-order chi connectivity index (χ0) is 36.1. The van der Waals surface area contributed by atoms with Crippen LogP contribution in [0.4, 0.5) is 0 Å². The van der Waals surface area contributed by atoms with Crippen molar-refractivity contribution in [3.8, 4) is 0 Å². The van der Waals surface area contributed by atoms with Crippen LogP contribution in [0.3, 0.4) is 0 Å². The number of nitrogens with one attached hydrogen (secondary N) is 1. The van der Waals surface area contributed by atoms with Gasteiger partial charge in [0.1, 0.15) is 12.7 Å². The molecular formula is C39H74NO8P. The third kappa shape index (κ3) is 37.6. The van der Waals surface area contributed by atoms with Gasteiger partial charge in [0.05, 0.1) is 13.2 Å². The molecule has 0 saturated carbocycles. The standard InChI is InChI=1S/C39H74NO8P/c1-3-5-7-9-11-13-15-17-18-20-22-24-26-28-30-32-39(43)46-35-37(41)36-48-49(44,45)47-34-33-40-38(42)31-29-27-25-23-21-19-16-14-12-10-8-6-4-2/h8,10,14,16,37,41H,3-7,9,11-13,15,17-36H2,1-2H3,(H,40,42)(H,44,45)/b10-8-,16-14-. The summed E-state index contributed by atoms with van der Waals surface area (Å²) in [5.41, 5.74) is 0. The van der Waals surface area contributed by atoms with Crippen LogP contribution in [-0.4, -0.2) is 54.3 Å². The van der Waals surface area contributed by atoms with Crippen molar-refractivity contribution in [2.75, 3.05) is 26.4 Å². The van der Waals surface area contributed by atoms with Crippen LogP contribution in [0.5, 0.6) is 0 Å². The number of aliphatic hydroxyl groups excluding tert-OH is 1. The molecule has 0 aliphatic rings. The quantitative estimate of drug-likeness (QED) is 0.0251. The van der Waals surface area contributed by atoms with E-state index in [2.05, 4.69) is 43.5 Å². The van der Waals surface area contributed by atoms with Crippen molar-refractivity contribution in [1.29, 1.82) is 0 Å². The Labute approximate surface area is 300 Å². The van der Waals surface area contributed by atoms with Crippen molar-refractivity contribution >= 4 is 19.7 Å². The molecule has 288 valence electrons. The molecule has 0 aromatic heterocycles. The second-order valence-electron chi connectivity index (χ2n) is 13.3. The van der Waals surface area contributed by atoms with Crippen LogP contribution in [0.2, 0.25) is 0 Å². The number of aliphatic hydroxyl groups is 1. The Morgan fingerprint density at radius 1 is 0.633 bits per heavy atom. The van der Waals surface area contributed by atoms with Gasteiger partial charge in [0, 0.05) is 19.4 Å². The van der Waals surface area contributed by atoms with E-state index in [-0.39, 0.29) is 32.1 Å². The summed E-state index contributed by atoms with van der Waals surface area (Å²) in [5, 5.41) is 12.6. The lowest BCUT2D eigenvalue weighted by atomic mass is 10.0. The van der Waals surface area contributed by atoms with Crippen LogP contribution < -0.4 is 5.32 Å². The number of ether oxygens (including phenoxy) is 1. The van der Waals surface area contributed by atoms with E-state index in [0.717, 1.165) is 70.6 Å². The average molecular weight is 716 g/mol. The van der Waals surface area contributed by atoms with Gasteiger partial charge < -0.3 is 20.1 Å². The third-order valence-corrected chi connectivity index (χ3v) is 9.35. The molecule has 9 nitrogen and oxygen atoms in total. The monoisotopic (exact) mass is 716 g/mol. The lowest BCUT2D eigenvalue weighted by Crippen LogP contribution is -2.27. The third-order valence-electron chi connectivity index (χ3n) is 8.37. The van der Waals surface area contributed by atoms with Crippen LogP contribution in [0, 0.1) is 0 Å². The molecule has 2 atom stereocenters. The van der Waals surface area contributed by atoms with Crippen LogP contribution in [0.15, 0.2) is 24.3 Å². The molecule has 0 aromatic rings. The van der Waals surface area contributed by atoms with Gasteiger partial charge in [-0.3, -0.25) is 18.6 Å². The second kappa shape index (κ2) is 36.3. The van der Waals surface area contributed by atoms with E-state index in [1.54, 1.807) is 0 Å². The SMILES string of the molecule is CCC/C=C\C/C=C\CCCCCCCC(=O)NCCOP(=O)(O)OCC(O)COC(=O)CCCCCCCCCCCCCCCCC. The summed E-state index contributed by atoms with van der Waals surface area (Å²) in [4.78, 5) is 33.8. The van der Waals surface area contributed by atoms with E-state index < -0.39 is 26.5 Å². The van der Waals surface area contributed by atoms with Crippen molar-refractivity contribution in [1.82, 2.24) is 5.32 Å². The summed E-state index contributed by atoms with van der Waals surface area (Å²) in [7, 11) is -4.41. The highest BCUT2D eigenvalue weighted by molar-refractivity contribution is 7.47. The highest BCUT2D eigenvalue weighted by atomic mass is 31.2. The molecule has 0 rings (SSSR count). The van der Waals surface area contributed by atoms with Gasteiger partial charge in [0.15, 0.2) is 0 Å². The summed E-state index contributed by atoms with van der Waals surface area (Å²) in [6, 6.07) is 0. The second-order valence-corrected chi connectivity index (χ2v) is 14.7. The fraction of sp³-hybridized carbons (Fsp3) is 0.846. The van der Waals surface area contributed by atoms with Crippen LogP contribution in [-0.2, 0) is 27.9 Å². The maximum Gasteiger partial charge on any atom is 0.472 e. The summed E-state index contributed by atoms with van der Waals surface area (Å²) < 4.78 is 26.8. The molecule has 10 heteroatoms. The first kappa shape index (κ1) is 47.5. The van der Waals surface area contributed by atoms with Crippen LogP contribution in [0.1, 0.15) is 181 Å². The lowest BCUT2D eigenvalue weighted by molar-refractivity contribution is -0.147. The summed E-state index contributed by atoms with van der Waals surface area (Å²) in [5.74, 6) is -0.528. The van der Waals surface area contributed by atoms with E-state index in [4.69, 9.17) is 13.8 Å². The maximum atomic E-state index is 12.1. The highest BCUT2D eigenvalue weighted by Gasteiger charge is 2.23. The van der Waals surface area contributed by atoms with Crippen LogP contribution >= 0.6 is 7.82 Å². The number of carbonyl (C=O) groups excluding carboxylic acids is 2. The van der Waals surface area contributed by atoms with Crippen molar-refractivity contribution in [3.63, 3.8) is 0 Å². The molecule has 0 fully saturated rings. The molecule has 49 heavy (non-hydrogen) atoms. The predicted molar refractivity (Wildman–Crippen MR) is 201 cm³/mol. The molecule has 0 heterocycles. The summed E-state index contributed by atoms with van der Waals surface area (Å²) in [6.07, 6.45) is 36.7. The molecule has 0 aliphatic carbocycles. The predicted octanol–water partition coefficient (Wildman–Crippen LogP) is 10.4. The van der Waals surface area contributed by atoms with E-state index in [0.29, 0.717) is 6.42 Å². The zero-order valence-corrected chi connectivity index (χ0v) is 32.3. The van der Waals surface area contributed by atoms with Gasteiger partial charge in [-0.1, -0.05) is 154 Å². The normalized spacial score (nSPS) is 13.6. The Balaban J connectivity index is 3.61. The smallest absolute Gasteiger partial charge is 0.463 e. The Morgan fingerprint density at radius 2 is 1.14 bits per heavy atom. The Hall–Kier alpha value is -1.51. The number of amides is 1. The fourth-order valence-electron chi connectivity index (χ4n) is 5.36. The van der Waals surface area contributed by atoms with Gasteiger partial charge in [-0.05, 0) is 38.5 Å². The van der Waals surface area contributed by atoms with E-state index in [9.17, 15) is 24.2 Å². The van der Waals surface area contributed by atoms with Crippen molar-refractivity contribution < 1.29 is 37.9 Å².